The molecule has 14 heavy (non-hydrogen) atoms. The highest BCUT2D eigenvalue weighted by Crippen LogP contribution is 2.25. The molecule has 72 valence electrons. The Morgan fingerprint density at radius 3 is 2.86 bits per heavy atom. The molecule has 0 radical (unpaired) electrons. The molecule has 0 saturated heterocycles. The molecule has 0 unspecified atom stereocenters. The van der Waals surface area contributed by atoms with Crippen LogP contribution in [0, 0.1) is 5.82 Å². The predicted octanol–water partition coefficient (Wildman–Crippen LogP) is 2.38. The molecule has 1 heterocycles. The van der Waals surface area contributed by atoms with Gasteiger partial charge in [-0.1, -0.05) is 15.9 Å². The van der Waals surface area contributed by atoms with Crippen molar-refractivity contribution in [2.45, 2.75) is 0 Å². The first-order chi connectivity index (χ1) is 6.66. The van der Waals surface area contributed by atoms with Crippen LogP contribution in [0.1, 0.15) is 0 Å². The molecule has 2 aromatic rings. The van der Waals surface area contributed by atoms with Gasteiger partial charge in [-0.15, -0.1) is 0 Å². The molecule has 0 amide bonds. The molecule has 0 saturated carbocycles. The van der Waals surface area contributed by atoms with Crippen LogP contribution in [0.15, 0.2) is 29.0 Å². The first-order valence-electron chi connectivity index (χ1n) is 3.98. The number of aromatic nitrogens is 3. The highest BCUT2D eigenvalue weighted by Gasteiger charge is 2.08. The highest BCUT2D eigenvalue weighted by atomic mass is 79.9. The predicted molar refractivity (Wildman–Crippen MR) is 54.1 cm³/mol. The lowest BCUT2D eigenvalue weighted by Crippen LogP contribution is -1.89. The fourth-order valence-corrected chi connectivity index (χ4v) is 1.56. The first kappa shape index (κ1) is 9.33. The number of benzene rings is 1. The fourth-order valence-electron chi connectivity index (χ4n) is 1.13. The van der Waals surface area contributed by atoms with E-state index in [0.717, 1.165) is 4.47 Å². The average molecular weight is 256 g/mol. The van der Waals surface area contributed by atoms with Crippen LogP contribution >= 0.6 is 15.9 Å². The number of rotatable bonds is 1. The second-order valence-corrected chi connectivity index (χ2v) is 3.72. The van der Waals surface area contributed by atoms with Crippen LogP contribution in [0.25, 0.3) is 11.4 Å². The Labute approximate surface area is 88.7 Å². The molecule has 0 aliphatic heterocycles. The van der Waals surface area contributed by atoms with Gasteiger partial charge in [0.15, 0.2) is 5.82 Å². The van der Waals surface area contributed by atoms with E-state index in [0.29, 0.717) is 11.4 Å². The maximum Gasteiger partial charge on any atom is 0.182 e. The van der Waals surface area contributed by atoms with E-state index in [2.05, 4.69) is 26.0 Å². The van der Waals surface area contributed by atoms with Crippen LogP contribution in [0.3, 0.4) is 0 Å². The number of nitrogens with zero attached hydrogens (tertiary/aromatic N) is 3. The van der Waals surface area contributed by atoms with Gasteiger partial charge in [-0.3, -0.25) is 4.68 Å². The maximum atomic E-state index is 13.0. The van der Waals surface area contributed by atoms with E-state index in [9.17, 15) is 4.39 Å². The molecule has 0 spiro atoms. The van der Waals surface area contributed by atoms with Crippen molar-refractivity contribution in [2.75, 3.05) is 0 Å². The molecular weight excluding hydrogens is 249 g/mol. The van der Waals surface area contributed by atoms with Gasteiger partial charge in [0.25, 0.3) is 0 Å². The van der Waals surface area contributed by atoms with E-state index < -0.39 is 0 Å². The number of halogens is 2. The van der Waals surface area contributed by atoms with Crippen molar-refractivity contribution in [3.05, 3.63) is 34.8 Å². The Hall–Kier alpha value is -1.23. The summed E-state index contributed by atoms with van der Waals surface area (Å²) in [4.78, 5) is 4.04. The number of hydrogen-bond donors (Lipinski definition) is 0. The SMILES string of the molecule is Cn1cnc(-c2cc(F)ccc2Br)n1. The average Bonchev–Trinajstić information content (AvgIpc) is 2.56. The topological polar surface area (TPSA) is 30.7 Å². The van der Waals surface area contributed by atoms with E-state index in [1.165, 1.54) is 12.1 Å². The molecule has 0 atom stereocenters. The van der Waals surface area contributed by atoms with Crippen LogP contribution < -0.4 is 0 Å². The minimum Gasteiger partial charge on any atom is -0.255 e. The third kappa shape index (κ3) is 1.68. The normalized spacial score (nSPS) is 10.5. The molecule has 3 nitrogen and oxygen atoms in total. The molecule has 0 bridgehead atoms. The molecule has 0 aliphatic carbocycles. The molecule has 0 fully saturated rings. The molecule has 0 aliphatic rings. The van der Waals surface area contributed by atoms with Crippen LogP contribution in [0.5, 0.6) is 0 Å². The van der Waals surface area contributed by atoms with Gasteiger partial charge in [-0.25, -0.2) is 9.37 Å². The monoisotopic (exact) mass is 255 g/mol. The van der Waals surface area contributed by atoms with Gasteiger partial charge < -0.3 is 0 Å². The molecule has 1 aromatic carbocycles. The number of aryl methyl sites for hydroxylation is 1. The first-order valence-corrected chi connectivity index (χ1v) is 4.77. The van der Waals surface area contributed by atoms with Crippen molar-refractivity contribution in [1.82, 2.24) is 14.8 Å². The van der Waals surface area contributed by atoms with E-state index in [1.807, 2.05) is 0 Å². The summed E-state index contributed by atoms with van der Waals surface area (Å²) in [5.41, 5.74) is 0.658. The minimum atomic E-state index is -0.296. The van der Waals surface area contributed by atoms with Crippen molar-refractivity contribution in [1.29, 1.82) is 0 Å². The third-order valence-electron chi connectivity index (χ3n) is 1.77. The summed E-state index contributed by atoms with van der Waals surface area (Å²) < 4.78 is 15.3. The van der Waals surface area contributed by atoms with Crippen molar-refractivity contribution < 1.29 is 4.39 Å². The van der Waals surface area contributed by atoms with Crippen molar-refractivity contribution in [3.8, 4) is 11.4 Å². The fraction of sp³-hybridized carbons (Fsp3) is 0.111. The molecule has 1 aromatic heterocycles. The van der Waals surface area contributed by atoms with Gasteiger partial charge in [-0.05, 0) is 18.2 Å². The summed E-state index contributed by atoms with van der Waals surface area (Å²) in [7, 11) is 1.77. The van der Waals surface area contributed by atoms with Gasteiger partial charge in [0.1, 0.15) is 12.1 Å². The Morgan fingerprint density at radius 1 is 1.43 bits per heavy atom. The van der Waals surface area contributed by atoms with E-state index >= 15 is 0 Å². The van der Waals surface area contributed by atoms with Crippen LogP contribution in [0.4, 0.5) is 4.39 Å². The lowest BCUT2D eigenvalue weighted by molar-refractivity contribution is 0.628. The smallest absolute Gasteiger partial charge is 0.182 e. The molecule has 5 heteroatoms. The second kappa shape index (κ2) is 3.49. The van der Waals surface area contributed by atoms with Crippen molar-refractivity contribution in [3.63, 3.8) is 0 Å². The third-order valence-corrected chi connectivity index (χ3v) is 2.46. The Bertz CT molecular complexity index is 467. The van der Waals surface area contributed by atoms with Gasteiger partial charge in [0.2, 0.25) is 0 Å². The summed E-state index contributed by atoms with van der Waals surface area (Å²) in [5, 5.41) is 4.09. The van der Waals surface area contributed by atoms with Crippen molar-refractivity contribution in [2.24, 2.45) is 7.05 Å². The van der Waals surface area contributed by atoms with E-state index in [-0.39, 0.29) is 5.82 Å². The Morgan fingerprint density at radius 2 is 2.21 bits per heavy atom. The van der Waals surface area contributed by atoms with Crippen molar-refractivity contribution >= 4 is 15.9 Å². The standard InChI is InChI=1S/C9H7BrFN3/c1-14-5-12-9(13-14)7-4-6(11)2-3-8(7)10/h2-5H,1H3. The lowest BCUT2D eigenvalue weighted by atomic mass is 10.2. The Balaban J connectivity index is 2.55. The largest absolute Gasteiger partial charge is 0.255 e. The van der Waals surface area contributed by atoms with Gasteiger partial charge >= 0.3 is 0 Å². The Kier molecular flexibility index (Phi) is 2.33. The van der Waals surface area contributed by atoms with E-state index in [1.54, 1.807) is 24.1 Å². The molecule has 2 rings (SSSR count). The van der Waals surface area contributed by atoms with Crippen LogP contribution in [-0.2, 0) is 7.05 Å². The zero-order chi connectivity index (χ0) is 10.1. The molecule has 0 N–H and O–H groups in total. The summed E-state index contributed by atoms with van der Waals surface area (Å²) in [6.07, 6.45) is 1.58. The summed E-state index contributed by atoms with van der Waals surface area (Å²) >= 11 is 3.32. The quantitative estimate of drug-likeness (QED) is 0.784. The number of hydrogen-bond acceptors (Lipinski definition) is 2. The maximum absolute atomic E-state index is 13.0. The second-order valence-electron chi connectivity index (χ2n) is 2.87. The minimum absolute atomic E-state index is 0.296. The van der Waals surface area contributed by atoms with Crippen LogP contribution in [0.2, 0.25) is 0 Å². The zero-order valence-corrected chi connectivity index (χ0v) is 8.99. The summed E-state index contributed by atoms with van der Waals surface area (Å²) in [6, 6.07) is 4.43. The molecular formula is C9H7BrFN3. The van der Waals surface area contributed by atoms with Gasteiger partial charge in [0.05, 0.1) is 0 Å². The van der Waals surface area contributed by atoms with E-state index in [4.69, 9.17) is 0 Å². The van der Waals surface area contributed by atoms with Gasteiger partial charge in [0, 0.05) is 17.1 Å². The van der Waals surface area contributed by atoms with Gasteiger partial charge in [-0.2, -0.15) is 5.10 Å². The highest BCUT2D eigenvalue weighted by molar-refractivity contribution is 9.10. The summed E-state index contributed by atoms with van der Waals surface area (Å²) in [5.74, 6) is 0.217. The zero-order valence-electron chi connectivity index (χ0n) is 7.41. The summed E-state index contributed by atoms with van der Waals surface area (Å²) in [6.45, 7) is 0. The lowest BCUT2D eigenvalue weighted by Gasteiger charge is -1.98. The van der Waals surface area contributed by atoms with Crippen LogP contribution in [-0.4, -0.2) is 14.8 Å².